The van der Waals surface area contributed by atoms with Crippen LogP contribution in [0, 0.1) is 18.3 Å². The summed E-state index contributed by atoms with van der Waals surface area (Å²) in [5, 5.41) is 11.2. The lowest BCUT2D eigenvalue weighted by atomic mass is 9.89. The Labute approximate surface area is 82.7 Å². The van der Waals surface area contributed by atoms with E-state index >= 15 is 0 Å². The van der Waals surface area contributed by atoms with Crippen LogP contribution in [0.5, 0.6) is 0 Å². The van der Waals surface area contributed by atoms with Gasteiger partial charge in [0.2, 0.25) is 5.60 Å². The molecule has 70 valence electrons. The minimum Gasteiger partial charge on any atom is -0.369 e. The molecule has 0 aromatic heterocycles. The smallest absolute Gasteiger partial charge is 0.268 e. The van der Waals surface area contributed by atoms with Crippen molar-refractivity contribution in [2.75, 3.05) is 7.05 Å². The topological polar surface area (TPSA) is 40.5 Å². The second-order valence-corrected chi connectivity index (χ2v) is 3.50. The van der Waals surface area contributed by atoms with E-state index in [9.17, 15) is 9.90 Å². The van der Waals surface area contributed by atoms with E-state index in [0.717, 1.165) is 0 Å². The number of terminal acetylenes is 1. The minimum absolute atomic E-state index is 0.147. The van der Waals surface area contributed by atoms with Crippen molar-refractivity contribution in [2.45, 2.75) is 18.6 Å². The number of likely N-dealkylation sites (tertiary alicyclic amines) is 1. The van der Waals surface area contributed by atoms with Gasteiger partial charge >= 0.3 is 0 Å². The molecule has 1 amide bonds. The average molecular weight is 197 g/mol. The number of hydrogen-bond acceptors (Lipinski definition) is 3. The number of aliphatic hydroxyl groups is 1. The van der Waals surface area contributed by atoms with Crippen molar-refractivity contribution in [2.24, 2.45) is 5.92 Å². The summed E-state index contributed by atoms with van der Waals surface area (Å²) >= 11 is 4.75. The molecule has 1 rings (SSSR count). The number of carbonyl (C=O) groups is 1. The van der Waals surface area contributed by atoms with Crippen molar-refractivity contribution < 1.29 is 9.90 Å². The summed E-state index contributed by atoms with van der Waals surface area (Å²) in [6.07, 6.45) is 5.14. The summed E-state index contributed by atoms with van der Waals surface area (Å²) in [6.45, 7) is 1.81. The number of carbonyl (C=O) groups excluding carboxylic acids is 1. The number of hydrogen-bond donors (Lipinski definition) is 1. The number of nitrogens with zero attached hydrogens (tertiary/aromatic N) is 1. The molecule has 0 spiro atoms. The minimum atomic E-state index is -1.74. The number of amides is 1. The maximum absolute atomic E-state index is 11.5. The Kier molecular flexibility index (Phi) is 2.42. The normalized spacial score (nSPS) is 38.9. The van der Waals surface area contributed by atoms with Crippen molar-refractivity contribution in [3.8, 4) is 12.3 Å². The van der Waals surface area contributed by atoms with Gasteiger partial charge in [0.25, 0.3) is 5.91 Å². The third-order valence-electron chi connectivity index (χ3n) is 2.63. The fourth-order valence-corrected chi connectivity index (χ4v) is 1.98. The van der Waals surface area contributed by atoms with Gasteiger partial charge in [-0.3, -0.25) is 4.79 Å². The van der Waals surface area contributed by atoms with Gasteiger partial charge in [0, 0.05) is 13.1 Å². The van der Waals surface area contributed by atoms with Gasteiger partial charge in [-0.05, 0) is 12.3 Å². The number of likely N-dealkylation sites (N-methyl/N-ethyl adjacent to an activating group) is 1. The van der Waals surface area contributed by atoms with E-state index in [1.54, 1.807) is 14.0 Å². The first-order chi connectivity index (χ1) is 5.99. The number of thiocarbonyl (C=S) groups is 1. The lowest BCUT2D eigenvalue weighted by molar-refractivity contribution is -0.138. The highest BCUT2D eigenvalue weighted by molar-refractivity contribution is 7.79. The quantitative estimate of drug-likeness (QED) is 0.468. The largest absolute Gasteiger partial charge is 0.369 e. The molecule has 1 fully saturated rings. The van der Waals surface area contributed by atoms with E-state index in [4.69, 9.17) is 18.6 Å². The number of rotatable bonds is 1. The first-order valence-electron chi connectivity index (χ1n) is 3.91. The molecule has 0 aromatic rings. The Bertz CT molecular complexity index is 296. The highest BCUT2D eigenvalue weighted by Crippen LogP contribution is 2.31. The van der Waals surface area contributed by atoms with Crippen LogP contribution in [-0.4, -0.2) is 40.0 Å². The monoisotopic (exact) mass is 197 g/mol. The Morgan fingerprint density at radius 1 is 1.85 bits per heavy atom. The molecular formula is C9H11NO2S. The molecule has 1 aliphatic rings. The maximum atomic E-state index is 11.5. The molecule has 1 N–H and O–H groups in total. The van der Waals surface area contributed by atoms with Crippen molar-refractivity contribution in [3.63, 3.8) is 0 Å². The Balaban J connectivity index is 3.17. The second-order valence-electron chi connectivity index (χ2n) is 3.23. The summed E-state index contributed by atoms with van der Waals surface area (Å²) in [6, 6.07) is -0.147. The summed E-state index contributed by atoms with van der Waals surface area (Å²) in [4.78, 5) is 12.9. The van der Waals surface area contributed by atoms with Gasteiger partial charge in [-0.2, -0.15) is 0 Å². The summed E-state index contributed by atoms with van der Waals surface area (Å²) in [7, 11) is 1.61. The molecule has 0 aromatic carbocycles. The van der Waals surface area contributed by atoms with Crippen LogP contribution in [0.15, 0.2) is 0 Å². The van der Waals surface area contributed by atoms with E-state index in [0.29, 0.717) is 0 Å². The Morgan fingerprint density at radius 2 is 2.38 bits per heavy atom. The van der Waals surface area contributed by atoms with E-state index in [1.165, 1.54) is 10.3 Å². The molecule has 0 aliphatic carbocycles. The lowest BCUT2D eigenvalue weighted by Gasteiger charge is -2.18. The predicted molar refractivity (Wildman–Crippen MR) is 53.2 cm³/mol. The predicted octanol–water partition coefficient (Wildman–Crippen LogP) is -0.173. The van der Waals surface area contributed by atoms with Crippen LogP contribution in [-0.2, 0) is 4.79 Å². The van der Waals surface area contributed by atoms with Gasteiger partial charge in [-0.1, -0.05) is 18.1 Å². The van der Waals surface area contributed by atoms with Crippen LogP contribution in [0.3, 0.4) is 0 Å². The van der Waals surface area contributed by atoms with Gasteiger partial charge in [-0.15, -0.1) is 6.42 Å². The summed E-state index contributed by atoms with van der Waals surface area (Å²) in [5.41, 5.74) is -1.74. The molecule has 0 bridgehead atoms. The standard InChI is InChI=1S/C9H11NO2S/c1-4-9(12)7(5-13)6(2)10(3)8(9)11/h1,5-7,12H,2-3H3/t6-,7-,9-/m1/s1. The van der Waals surface area contributed by atoms with Crippen LogP contribution in [0.1, 0.15) is 6.92 Å². The second kappa shape index (κ2) is 3.09. The highest BCUT2D eigenvalue weighted by Gasteiger charge is 2.53. The molecule has 0 unspecified atom stereocenters. The molecular weight excluding hydrogens is 186 g/mol. The van der Waals surface area contributed by atoms with E-state index in [1.807, 2.05) is 0 Å². The van der Waals surface area contributed by atoms with Crippen LogP contribution in [0.25, 0.3) is 0 Å². The van der Waals surface area contributed by atoms with Crippen molar-refractivity contribution in [1.29, 1.82) is 0 Å². The average Bonchev–Trinajstić information content (AvgIpc) is 2.29. The lowest BCUT2D eigenvalue weighted by Crippen LogP contribution is -2.41. The van der Waals surface area contributed by atoms with Crippen LogP contribution >= 0.6 is 12.2 Å². The molecule has 1 heterocycles. The summed E-state index contributed by atoms with van der Waals surface area (Å²) in [5.74, 6) is 1.20. The van der Waals surface area contributed by atoms with E-state index < -0.39 is 17.4 Å². The van der Waals surface area contributed by atoms with E-state index in [2.05, 4.69) is 5.92 Å². The van der Waals surface area contributed by atoms with Crippen molar-refractivity contribution >= 4 is 23.5 Å². The van der Waals surface area contributed by atoms with Gasteiger partial charge in [-0.25, -0.2) is 0 Å². The zero-order valence-electron chi connectivity index (χ0n) is 7.52. The van der Waals surface area contributed by atoms with Crippen LogP contribution < -0.4 is 0 Å². The van der Waals surface area contributed by atoms with Crippen molar-refractivity contribution in [3.05, 3.63) is 0 Å². The molecule has 0 saturated carbocycles. The van der Waals surface area contributed by atoms with Crippen LogP contribution in [0.2, 0.25) is 0 Å². The maximum Gasteiger partial charge on any atom is 0.268 e. The molecule has 4 heteroatoms. The Hall–Kier alpha value is -0.920. The first kappa shape index (κ1) is 10.2. The fraction of sp³-hybridized carbons (Fsp3) is 0.556. The Morgan fingerprint density at radius 3 is 2.69 bits per heavy atom. The van der Waals surface area contributed by atoms with Gasteiger partial charge < -0.3 is 10.0 Å². The summed E-state index contributed by atoms with van der Waals surface area (Å²) < 4.78 is 0. The molecule has 3 nitrogen and oxygen atoms in total. The van der Waals surface area contributed by atoms with E-state index in [-0.39, 0.29) is 6.04 Å². The van der Waals surface area contributed by atoms with Gasteiger partial charge in [0.15, 0.2) is 0 Å². The SMILES string of the molecule is C#C[C@]1(O)C(=O)N(C)[C@H](C)[C@H]1C=S. The third kappa shape index (κ3) is 1.16. The highest BCUT2D eigenvalue weighted by atomic mass is 32.1. The van der Waals surface area contributed by atoms with Crippen molar-refractivity contribution in [1.82, 2.24) is 4.90 Å². The van der Waals surface area contributed by atoms with Gasteiger partial charge in [0.05, 0.1) is 5.92 Å². The fourth-order valence-electron chi connectivity index (χ4n) is 1.56. The van der Waals surface area contributed by atoms with Crippen LogP contribution in [0.4, 0.5) is 0 Å². The molecule has 3 atom stereocenters. The zero-order valence-corrected chi connectivity index (χ0v) is 8.34. The zero-order chi connectivity index (χ0) is 10.2. The molecule has 0 radical (unpaired) electrons. The molecule has 13 heavy (non-hydrogen) atoms. The molecule has 1 saturated heterocycles. The van der Waals surface area contributed by atoms with Gasteiger partial charge in [0.1, 0.15) is 0 Å². The third-order valence-corrected chi connectivity index (χ3v) is 2.92. The first-order valence-corrected chi connectivity index (χ1v) is 4.39. The molecule has 1 aliphatic heterocycles.